The van der Waals surface area contributed by atoms with Crippen LogP contribution in [0.2, 0.25) is 0 Å². The van der Waals surface area contributed by atoms with Crippen LogP contribution in [0, 0.1) is 11.3 Å². The van der Waals surface area contributed by atoms with Gasteiger partial charge in [-0.05, 0) is 24.6 Å². The Bertz CT molecular complexity index is 510. The molecule has 2 rings (SSSR count). The Balaban J connectivity index is 2.12. The van der Waals surface area contributed by atoms with Crippen LogP contribution in [0.3, 0.4) is 0 Å². The minimum Gasteiger partial charge on any atom is -0.479 e. The molecule has 0 aromatic heterocycles. The molecule has 2 unspecified atom stereocenters. The molecular formula is C14H16N2O3. The molecule has 0 aliphatic carbocycles. The highest BCUT2D eigenvalue weighted by atomic mass is 16.5. The van der Waals surface area contributed by atoms with Crippen molar-refractivity contribution in [1.29, 1.82) is 5.26 Å². The molecule has 0 amide bonds. The van der Waals surface area contributed by atoms with Crippen LogP contribution < -0.4 is 0 Å². The van der Waals surface area contributed by atoms with Crippen LogP contribution in [0.25, 0.3) is 0 Å². The molecule has 0 saturated carbocycles. The molecule has 5 nitrogen and oxygen atoms in total. The highest BCUT2D eigenvalue weighted by Gasteiger charge is 2.29. The second-order valence-corrected chi connectivity index (χ2v) is 4.61. The predicted octanol–water partition coefficient (Wildman–Crippen LogP) is 1.40. The number of nitrogens with zero attached hydrogens (tertiary/aromatic N) is 2. The van der Waals surface area contributed by atoms with Gasteiger partial charge in [-0.3, -0.25) is 4.90 Å². The number of carbonyl (C=O) groups is 1. The van der Waals surface area contributed by atoms with E-state index >= 15 is 0 Å². The van der Waals surface area contributed by atoms with E-state index in [1.54, 1.807) is 6.07 Å². The van der Waals surface area contributed by atoms with Crippen molar-refractivity contribution in [3.8, 4) is 6.07 Å². The highest BCUT2D eigenvalue weighted by Crippen LogP contribution is 2.23. The number of carboxylic acids is 1. The first-order valence-electron chi connectivity index (χ1n) is 6.20. The largest absolute Gasteiger partial charge is 0.479 e. The number of nitriles is 1. The van der Waals surface area contributed by atoms with Crippen LogP contribution in [0.15, 0.2) is 24.3 Å². The number of hydrogen-bond acceptors (Lipinski definition) is 4. The third-order valence-electron chi connectivity index (χ3n) is 3.42. The van der Waals surface area contributed by atoms with Crippen LogP contribution in [0.4, 0.5) is 0 Å². The molecule has 0 radical (unpaired) electrons. The van der Waals surface area contributed by atoms with Crippen molar-refractivity contribution < 1.29 is 14.6 Å². The lowest BCUT2D eigenvalue weighted by Crippen LogP contribution is -2.46. The number of rotatable bonds is 3. The summed E-state index contributed by atoms with van der Waals surface area (Å²) in [6, 6.07) is 9.59. The van der Waals surface area contributed by atoms with Crippen LogP contribution in [0.1, 0.15) is 24.1 Å². The van der Waals surface area contributed by atoms with Crippen molar-refractivity contribution in [3.63, 3.8) is 0 Å². The Hall–Kier alpha value is -1.90. The first-order valence-corrected chi connectivity index (χ1v) is 6.20. The fraction of sp³-hybridized carbons (Fsp3) is 0.429. The summed E-state index contributed by atoms with van der Waals surface area (Å²) in [6.45, 7) is 3.50. The number of aliphatic carboxylic acids is 1. The van der Waals surface area contributed by atoms with Gasteiger partial charge >= 0.3 is 5.97 Å². The molecule has 1 heterocycles. The number of hydrogen-bond donors (Lipinski definition) is 1. The maximum absolute atomic E-state index is 11.0. The first kappa shape index (κ1) is 13.5. The lowest BCUT2D eigenvalue weighted by molar-refractivity contribution is -0.157. The topological polar surface area (TPSA) is 73.6 Å². The highest BCUT2D eigenvalue weighted by molar-refractivity contribution is 5.72. The molecule has 0 bridgehead atoms. The summed E-state index contributed by atoms with van der Waals surface area (Å²) in [4.78, 5) is 13.0. The summed E-state index contributed by atoms with van der Waals surface area (Å²) < 4.78 is 5.21. The first-order chi connectivity index (χ1) is 9.11. The van der Waals surface area contributed by atoms with Crippen molar-refractivity contribution >= 4 is 5.97 Å². The normalized spacial score (nSPS) is 21.6. The van der Waals surface area contributed by atoms with Crippen LogP contribution in [-0.2, 0) is 9.53 Å². The monoisotopic (exact) mass is 260 g/mol. The molecule has 1 aliphatic heterocycles. The second kappa shape index (κ2) is 5.83. The van der Waals surface area contributed by atoms with E-state index in [1.807, 2.05) is 25.1 Å². The molecule has 100 valence electrons. The van der Waals surface area contributed by atoms with E-state index in [9.17, 15) is 4.79 Å². The van der Waals surface area contributed by atoms with E-state index in [4.69, 9.17) is 15.1 Å². The molecule has 1 aromatic carbocycles. The molecule has 2 atom stereocenters. The fourth-order valence-electron chi connectivity index (χ4n) is 2.25. The SMILES string of the molecule is CC(c1cccc(C#N)c1)N1CCOC(C(=O)O)C1. The number of morpholine rings is 1. The number of benzene rings is 1. The zero-order chi connectivity index (χ0) is 13.8. The van der Waals surface area contributed by atoms with Gasteiger partial charge in [0.25, 0.3) is 0 Å². The molecule has 0 spiro atoms. The summed E-state index contributed by atoms with van der Waals surface area (Å²) in [5.41, 5.74) is 1.64. The Morgan fingerprint density at radius 2 is 2.42 bits per heavy atom. The summed E-state index contributed by atoms with van der Waals surface area (Å²) in [7, 11) is 0. The van der Waals surface area contributed by atoms with Gasteiger partial charge in [0, 0.05) is 19.1 Å². The van der Waals surface area contributed by atoms with Crippen molar-refractivity contribution in [3.05, 3.63) is 35.4 Å². The lowest BCUT2D eigenvalue weighted by Gasteiger charge is -2.35. The quantitative estimate of drug-likeness (QED) is 0.889. The third kappa shape index (κ3) is 3.11. The van der Waals surface area contributed by atoms with Gasteiger partial charge < -0.3 is 9.84 Å². The summed E-state index contributed by atoms with van der Waals surface area (Å²) >= 11 is 0. The molecule has 19 heavy (non-hydrogen) atoms. The Morgan fingerprint density at radius 1 is 1.63 bits per heavy atom. The zero-order valence-corrected chi connectivity index (χ0v) is 10.7. The van der Waals surface area contributed by atoms with Gasteiger partial charge in [0.1, 0.15) is 0 Å². The standard InChI is InChI=1S/C14H16N2O3/c1-10(12-4-2-3-11(7-12)8-15)16-5-6-19-13(9-16)14(17)18/h2-4,7,10,13H,5-6,9H2,1H3,(H,17,18). The van der Waals surface area contributed by atoms with Crippen molar-refractivity contribution in [2.24, 2.45) is 0 Å². The third-order valence-corrected chi connectivity index (χ3v) is 3.42. The Morgan fingerprint density at radius 3 is 3.11 bits per heavy atom. The Labute approximate surface area is 112 Å². The number of carboxylic acid groups (broad SMARTS) is 1. The second-order valence-electron chi connectivity index (χ2n) is 4.61. The minimum absolute atomic E-state index is 0.0686. The molecule has 1 aromatic rings. The van der Waals surface area contributed by atoms with Gasteiger partial charge in [-0.15, -0.1) is 0 Å². The lowest BCUT2D eigenvalue weighted by atomic mass is 10.0. The van der Waals surface area contributed by atoms with Gasteiger partial charge in [-0.25, -0.2) is 4.79 Å². The van der Waals surface area contributed by atoms with Crippen molar-refractivity contribution in [2.75, 3.05) is 19.7 Å². The van der Waals surface area contributed by atoms with E-state index in [1.165, 1.54) is 0 Å². The van der Waals surface area contributed by atoms with Gasteiger partial charge in [0.05, 0.1) is 18.2 Å². The smallest absolute Gasteiger partial charge is 0.334 e. The molecule has 1 fully saturated rings. The van der Waals surface area contributed by atoms with Crippen LogP contribution >= 0.6 is 0 Å². The van der Waals surface area contributed by atoms with E-state index in [2.05, 4.69) is 11.0 Å². The average Bonchev–Trinajstić information content (AvgIpc) is 2.46. The molecule has 1 saturated heterocycles. The summed E-state index contributed by atoms with van der Waals surface area (Å²) in [5, 5.41) is 17.9. The molecule has 1 N–H and O–H groups in total. The predicted molar refractivity (Wildman–Crippen MR) is 68.5 cm³/mol. The van der Waals surface area contributed by atoms with Gasteiger partial charge in [0.15, 0.2) is 6.10 Å². The van der Waals surface area contributed by atoms with Crippen molar-refractivity contribution in [1.82, 2.24) is 4.90 Å². The maximum Gasteiger partial charge on any atom is 0.334 e. The fourth-order valence-corrected chi connectivity index (χ4v) is 2.25. The van der Waals surface area contributed by atoms with E-state index < -0.39 is 12.1 Å². The number of ether oxygens (including phenoxy) is 1. The van der Waals surface area contributed by atoms with Crippen LogP contribution in [0.5, 0.6) is 0 Å². The summed E-state index contributed by atoms with van der Waals surface area (Å²) in [5.74, 6) is -0.928. The average molecular weight is 260 g/mol. The van der Waals surface area contributed by atoms with Crippen LogP contribution in [-0.4, -0.2) is 41.8 Å². The molecule has 1 aliphatic rings. The van der Waals surface area contributed by atoms with Gasteiger partial charge in [-0.2, -0.15) is 5.26 Å². The Kier molecular flexibility index (Phi) is 4.15. The van der Waals surface area contributed by atoms with Gasteiger partial charge in [0.2, 0.25) is 0 Å². The van der Waals surface area contributed by atoms with E-state index in [-0.39, 0.29) is 6.04 Å². The van der Waals surface area contributed by atoms with E-state index in [0.29, 0.717) is 25.3 Å². The molecular weight excluding hydrogens is 244 g/mol. The van der Waals surface area contributed by atoms with Gasteiger partial charge in [-0.1, -0.05) is 12.1 Å². The summed E-state index contributed by atoms with van der Waals surface area (Å²) in [6.07, 6.45) is -0.768. The molecule has 5 heteroatoms. The van der Waals surface area contributed by atoms with Crippen molar-refractivity contribution in [2.45, 2.75) is 19.1 Å². The zero-order valence-electron chi connectivity index (χ0n) is 10.7. The minimum atomic E-state index is -0.928. The maximum atomic E-state index is 11.0. The van der Waals surface area contributed by atoms with E-state index in [0.717, 1.165) is 5.56 Å².